The Labute approximate surface area is 112 Å². The number of pyridine rings is 1. The van der Waals surface area contributed by atoms with Gasteiger partial charge in [0.15, 0.2) is 5.82 Å². The molecular formula is C12H9ClFN3O2. The first-order valence-corrected chi connectivity index (χ1v) is 5.56. The minimum absolute atomic E-state index is 0.0321. The number of hydrogen-bond acceptors (Lipinski definition) is 4. The summed E-state index contributed by atoms with van der Waals surface area (Å²) < 4.78 is 13.2. The molecule has 2 rings (SSSR count). The second-order valence-electron chi connectivity index (χ2n) is 3.71. The zero-order valence-electron chi connectivity index (χ0n) is 9.52. The molecule has 0 atom stereocenters. The number of halogens is 2. The molecule has 0 bridgehead atoms. The number of nitrogens with two attached hydrogens (primary N) is 1. The lowest BCUT2D eigenvalue weighted by atomic mass is 10.2. The zero-order chi connectivity index (χ0) is 14.0. The maximum atomic E-state index is 13.2. The number of nitrogens with one attached hydrogen (secondary N) is 1. The van der Waals surface area contributed by atoms with Crippen LogP contribution in [-0.4, -0.2) is 16.1 Å². The number of benzene rings is 1. The van der Waals surface area contributed by atoms with Crippen LogP contribution in [-0.2, 0) is 0 Å². The van der Waals surface area contributed by atoms with Crippen LogP contribution in [0.4, 0.5) is 21.6 Å². The lowest BCUT2D eigenvalue weighted by Crippen LogP contribution is -2.07. The van der Waals surface area contributed by atoms with E-state index in [0.29, 0.717) is 5.69 Å². The van der Waals surface area contributed by atoms with Crippen molar-refractivity contribution >= 4 is 34.8 Å². The van der Waals surface area contributed by atoms with E-state index in [4.69, 9.17) is 22.4 Å². The molecule has 7 heteroatoms. The Balaban J connectivity index is 2.38. The highest BCUT2D eigenvalue weighted by Crippen LogP contribution is 2.26. The van der Waals surface area contributed by atoms with Crippen molar-refractivity contribution in [2.24, 2.45) is 0 Å². The van der Waals surface area contributed by atoms with Gasteiger partial charge in [0, 0.05) is 16.9 Å². The molecule has 0 aliphatic carbocycles. The number of carboxylic acid groups (broad SMARTS) is 1. The second kappa shape index (κ2) is 5.11. The number of anilines is 3. The first-order chi connectivity index (χ1) is 8.97. The van der Waals surface area contributed by atoms with Gasteiger partial charge in [-0.1, -0.05) is 11.6 Å². The van der Waals surface area contributed by atoms with Crippen molar-refractivity contribution in [2.45, 2.75) is 0 Å². The summed E-state index contributed by atoms with van der Waals surface area (Å²) in [6, 6.07) is 5.10. The summed E-state index contributed by atoms with van der Waals surface area (Å²) in [5, 5.41) is 11.9. The van der Waals surface area contributed by atoms with Crippen molar-refractivity contribution in [1.29, 1.82) is 0 Å². The Kier molecular flexibility index (Phi) is 3.52. The van der Waals surface area contributed by atoms with E-state index in [1.807, 2.05) is 0 Å². The van der Waals surface area contributed by atoms with Crippen LogP contribution in [0.5, 0.6) is 0 Å². The molecule has 19 heavy (non-hydrogen) atoms. The lowest BCUT2D eigenvalue weighted by Gasteiger charge is -2.10. The highest BCUT2D eigenvalue weighted by atomic mass is 35.5. The van der Waals surface area contributed by atoms with Crippen LogP contribution < -0.4 is 11.1 Å². The number of aromatic carboxylic acids is 1. The fraction of sp³-hybridized carbons (Fsp3) is 0. The van der Waals surface area contributed by atoms with E-state index in [-0.39, 0.29) is 22.1 Å². The normalized spacial score (nSPS) is 10.2. The van der Waals surface area contributed by atoms with E-state index in [1.165, 1.54) is 24.4 Å². The highest BCUT2D eigenvalue weighted by molar-refractivity contribution is 6.30. The third-order valence-electron chi connectivity index (χ3n) is 2.35. The summed E-state index contributed by atoms with van der Waals surface area (Å²) in [5.41, 5.74) is 5.89. The predicted molar refractivity (Wildman–Crippen MR) is 70.3 cm³/mol. The Morgan fingerprint density at radius 2 is 2.16 bits per heavy atom. The maximum Gasteiger partial charge on any atom is 0.337 e. The quantitative estimate of drug-likeness (QED) is 0.805. The molecule has 0 fully saturated rings. The first-order valence-electron chi connectivity index (χ1n) is 5.18. The van der Waals surface area contributed by atoms with Gasteiger partial charge in [0.25, 0.3) is 0 Å². The number of carbonyl (C=O) groups is 1. The Morgan fingerprint density at radius 3 is 2.79 bits per heavy atom. The number of nitrogen functional groups attached to an aromatic ring is 1. The van der Waals surface area contributed by atoms with E-state index in [2.05, 4.69) is 10.3 Å². The highest BCUT2D eigenvalue weighted by Gasteiger charge is 2.12. The van der Waals surface area contributed by atoms with Crippen LogP contribution in [0.2, 0.25) is 5.02 Å². The molecule has 1 aromatic heterocycles. The second-order valence-corrected chi connectivity index (χ2v) is 4.15. The molecule has 0 aliphatic rings. The Hall–Kier alpha value is -2.34. The maximum absolute atomic E-state index is 13.2. The molecule has 0 radical (unpaired) electrons. The molecule has 1 heterocycles. The lowest BCUT2D eigenvalue weighted by molar-refractivity contribution is 0.0698. The van der Waals surface area contributed by atoms with Crippen LogP contribution in [0.3, 0.4) is 0 Å². The van der Waals surface area contributed by atoms with Crippen LogP contribution in [0, 0.1) is 5.82 Å². The van der Waals surface area contributed by atoms with Gasteiger partial charge in [0.05, 0.1) is 11.3 Å². The third kappa shape index (κ3) is 2.92. The molecule has 0 saturated heterocycles. The number of rotatable bonds is 3. The SMILES string of the molecule is Nc1c(C(=O)O)ccnc1Nc1cc(F)cc(Cl)c1. The minimum Gasteiger partial charge on any atom is -0.478 e. The average molecular weight is 282 g/mol. The van der Waals surface area contributed by atoms with Crippen LogP contribution in [0.25, 0.3) is 0 Å². The van der Waals surface area contributed by atoms with Crippen molar-refractivity contribution < 1.29 is 14.3 Å². The van der Waals surface area contributed by atoms with Gasteiger partial charge in [-0.15, -0.1) is 0 Å². The van der Waals surface area contributed by atoms with E-state index in [0.717, 1.165) is 6.07 Å². The fourth-order valence-electron chi connectivity index (χ4n) is 1.52. The van der Waals surface area contributed by atoms with E-state index < -0.39 is 11.8 Å². The number of carboxylic acids is 1. The van der Waals surface area contributed by atoms with Crippen molar-refractivity contribution in [3.63, 3.8) is 0 Å². The van der Waals surface area contributed by atoms with Crippen molar-refractivity contribution in [2.75, 3.05) is 11.1 Å². The summed E-state index contributed by atoms with van der Waals surface area (Å²) in [7, 11) is 0. The molecule has 0 unspecified atom stereocenters. The van der Waals surface area contributed by atoms with E-state index in [1.54, 1.807) is 0 Å². The molecule has 1 aromatic carbocycles. The van der Waals surface area contributed by atoms with Crippen LogP contribution in [0.1, 0.15) is 10.4 Å². The smallest absolute Gasteiger partial charge is 0.337 e. The first kappa shape index (κ1) is 13.1. The van der Waals surface area contributed by atoms with Gasteiger partial charge in [-0.2, -0.15) is 0 Å². The largest absolute Gasteiger partial charge is 0.478 e. The third-order valence-corrected chi connectivity index (χ3v) is 2.56. The van der Waals surface area contributed by atoms with Crippen LogP contribution >= 0.6 is 11.6 Å². The molecule has 2 aromatic rings. The summed E-state index contributed by atoms with van der Waals surface area (Å²) >= 11 is 5.71. The van der Waals surface area contributed by atoms with Crippen LogP contribution in [0.15, 0.2) is 30.5 Å². The van der Waals surface area contributed by atoms with Gasteiger partial charge in [0.1, 0.15) is 5.82 Å². The number of nitrogens with zero attached hydrogens (tertiary/aromatic N) is 1. The van der Waals surface area contributed by atoms with Gasteiger partial charge in [0.2, 0.25) is 0 Å². The van der Waals surface area contributed by atoms with Gasteiger partial charge >= 0.3 is 5.97 Å². The molecule has 98 valence electrons. The summed E-state index contributed by atoms with van der Waals surface area (Å²) in [4.78, 5) is 14.8. The fourth-order valence-corrected chi connectivity index (χ4v) is 1.74. The topological polar surface area (TPSA) is 88.2 Å². The summed E-state index contributed by atoms with van der Waals surface area (Å²) in [5.74, 6) is -1.57. The average Bonchev–Trinajstić information content (AvgIpc) is 2.30. The van der Waals surface area contributed by atoms with Crippen molar-refractivity contribution in [1.82, 2.24) is 4.98 Å². The monoisotopic (exact) mass is 281 g/mol. The van der Waals surface area contributed by atoms with E-state index in [9.17, 15) is 9.18 Å². The Bertz CT molecular complexity index is 629. The van der Waals surface area contributed by atoms with Gasteiger partial charge in [-0.3, -0.25) is 0 Å². The zero-order valence-corrected chi connectivity index (χ0v) is 10.3. The minimum atomic E-state index is -1.17. The molecule has 4 N–H and O–H groups in total. The van der Waals surface area contributed by atoms with Gasteiger partial charge in [-0.05, 0) is 24.3 Å². The molecular weight excluding hydrogens is 273 g/mol. The van der Waals surface area contributed by atoms with Crippen molar-refractivity contribution in [3.05, 3.63) is 46.9 Å². The molecule has 0 spiro atoms. The van der Waals surface area contributed by atoms with Gasteiger partial charge in [-0.25, -0.2) is 14.2 Å². The molecule has 0 aliphatic heterocycles. The predicted octanol–water partition coefficient (Wildman–Crippen LogP) is 2.90. The summed E-state index contributed by atoms with van der Waals surface area (Å²) in [6.45, 7) is 0. The van der Waals surface area contributed by atoms with E-state index >= 15 is 0 Å². The molecule has 5 nitrogen and oxygen atoms in total. The summed E-state index contributed by atoms with van der Waals surface area (Å²) in [6.07, 6.45) is 1.29. The standard InChI is InChI=1S/C12H9ClFN3O2/c13-6-3-7(14)5-8(4-6)17-11-10(15)9(12(18)19)1-2-16-11/h1-5H,15H2,(H,16,17)(H,18,19). The number of aromatic nitrogens is 1. The number of hydrogen-bond donors (Lipinski definition) is 3. The Morgan fingerprint density at radius 1 is 1.42 bits per heavy atom. The molecule has 0 amide bonds. The molecule has 0 saturated carbocycles. The van der Waals surface area contributed by atoms with Gasteiger partial charge < -0.3 is 16.2 Å². The van der Waals surface area contributed by atoms with Crippen molar-refractivity contribution in [3.8, 4) is 0 Å².